The largest absolute Gasteiger partial charge is 0.632 e. The predicted octanol–water partition coefficient (Wildman–Crippen LogP) is 5.61. The van der Waals surface area contributed by atoms with Gasteiger partial charge in [0.05, 0.1) is 0 Å². The van der Waals surface area contributed by atoms with E-state index in [0.29, 0.717) is 0 Å². The Labute approximate surface area is 107 Å². The summed E-state index contributed by atoms with van der Waals surface area (Å²) in [5, 5.41) is 13.0. The highest BCUT2D eigenvalue weighted by atomic mass is 31.2. The lowest BCUT2D eigenvalue weighted by Gasteiger charge is -2.68. The molecule has 0 spiro atoms. The summed E-state index contributed by atoms with van der Waals surface area (Å²) in [4.78, 5) is 0. The fourth-order valence-corrected chi connectivity index (χ4v) is 3.72. The van der Waals surface area contributed by atoms with Crippen molar-refractivity contribution in [2.24, 2.45) is 0 Å². The van der Waals surface area contributed by atoms with Gasteiger partial charge in [-0.05, 0) is 0 Å². The molecule has 0 aromatic carbocycles. The highest BCUT2D eigenvalue weighted by molar-refractivity contribution is 7.72. The van der Waals surface area contributed by atoms with Gasteiger partial charge in [0.2, 0.25) is 0 Å². The van der Waals surface area contributed by atoms with E-state index in [2.05, 4.69) is 15.3 Å². The minimum Gasteiger partial charge on any atom is -0.632 e. The fraction of sp³-hybridized carbons (Fsp3) is 1.00. The first kappa shape index (κ1) is 17.1. The van der Waals surface area contributed by atoms with Crippen LogP contribution in [-0.2, 0) is 4.57 Å². The molecule has 0 aromatic rings. The van der Waals surface area contributed by atoms with Crippen LogP contribution in [0, 0.1) is 0 Å². The molecule has 0 aromatic heterocycles. The molecule has 0 radical (unpaired) electrons. The normalized spacial score (nSPS) is 15.1. The zero-order valence-corrected chi connectivity index (χ0v) is 13.6. The van der Waals surface area contributed by atoms with Crippen molar-refractivity contribution in [2.45, 2.75) is 78.9 Å². The second-order valence-electron chi connectivity index (χ2n) is 7.33. The van der Waals surface area contributed by atoms with Gasteiger partial charge in [0.25, 0.3) is 0 Å². The van der Waals surface area contributed by atoms with Gasteiger partial charge in [0, 0.05) is 0 Å². The summed E-state index contributed by atoms with van der Waals surface area (Å²) in [6.45, 7) is 17.2. The van der Waals surface area contributed by atoms with E-state index >= 15 is 0 Å². The Bertz CT molecular complexity index is 247. The van der Waals surface area contributed by atoms with Crippen molar-refractivity contribution in [3.63, 3.8) is 0 Å². The molecule has 0 atom stereocenters. The lowest BCUT2D eigenvalue weighted by molar-refractivity contribution is 0.560. The van der Waals surface area contributed by atoms with Gasteiger partial charge < -0.3 is 19.8 Å². The van der Waals surface area contributed by atoms with Gasteiger partial charge in [0.1, 0.15) is 0 Å². The summed E-state index contributed by atoms with van der Waals surface area (Å²) in [5.41, 5.74) is -1.21. The van der Waals surface area contributed by atoms with Crippen LogP contribution in [0.5, 0.6) is 0 Å². The topological polar surface area (TPSA) is 59.4 Å². The third kappa shape index (κ3) is 9.78. The molecule has 0 fully saturated rings. The van der Waals surface area contributed by atoms with Crippen LogP contribution < -0.4 is 0 Å². The van der Waals surface area contributed by atoms with Gasteiger partial charge >= 0.3 is 0 Å². The van der Waals surface area contributed by atoms with Gasteiger partial charge in [-0.25, -0.2) is 7.59 Å². The van der Waals surface area contributed by atoms with E-state index in [-0.39, 0.29) is 0 Å². The summed E-state index contributed by atoms with van der Waals surface area (Å²) in [6, 6.07) is 0. The lowest BCUT2D eigenvalue weighted by Crippen LogP contribution is -2.19. The van der Waals surface area contributed by atoms with E-state index in [1.807, 2.05) is 62.3 Å². The summed E-state index contributed by atoms with van der Waals surface area (Å²) >= 11 is 0. The van der Waals surface area contributed by atoms with Crippen LogP contribution in [0.2, 0.25) is 0 Å². The predicted molar refractivity (Wildman–Crippen MR) is 76.9 cm³/mol. The van der Waals surface area contributed by atoms with Crippen LogP contribution in [0.25, 0.3) is 15.3 Å². The summed E-state index contributed by atoms with van der Waals surface area (Å²) in [7, 11) is -3.21. The molecule has 0 aliphatic heterocycles. The van der Waals surface area contributed by atoms with Crippen LogP contribution in [-0.4, -0.2) is 16.6 Å². The third-order valence-electron chi connectivity index (χ3n) is 1.29. The molecular weight excluding hydrogens is 233 g/mol. The van der Waals surface area contributed by atoms with Crippen molar-refractivity contribution in [1.29, 1.82) is 0 Å². The van der Waals surface area contributed by atoms with Crippen LogP contribution in [0.3, 0.4) is 0 Å². The van der Waals surface area contributed by atoms with Crippen molar-refractivity contribution < 1.29 is 4.57 Å². The van der Waals surface area contributed by atoms with E-state index < -0.39 is 24.2 Å². The zero-order chi connectivity index (χ0) is 14.1. The fourth-order valence-electron chi connectivity index (χ4n) is 1.24. The Morgan fingerprint density at radius 3 is 0.882 bits per heavy atom. The number of hydrogen-bond acceptors (Lipinski definition) is 1. The average Bonchev–Trinajstić information content (AvgIpc) is 1.65. The smallest absolute Gasteiger partial charge is 0.0790 e. The molecule has 0 saturated carbocycles. The third-order valence-corrected chi connectivity index (χ3v) is 3.87. The Morgan fingerprint density at radius 1 is 0.588 bits per heavy atom. The average molecular weight is 260 g/mol. The molecule has 104 valence electrons. The molecule has 5 heteroatoms. The van der Waals surface area contributed by atoms with Gasteiger partial charge in [-0.1, -0.05) is 62.3 Å². The molecule has 0 saturated heterocycles. The first-order valence-corrected chi connectivity index (χ1v) is 7.52. The Hall–Kier alpha value is 0.110. The van der Waals surface area contributed by atoms with E-state index in [9.17, 15) is 4.57 Å². The molecule has 0 rings (SSSR count). The second kappa shape index (κ2) is 5.00. The van der Waals surface area contributed by atoms with Gasteiger partial charge in [-0.2, -0.15) is 0 Å². The molecule has 0 N–H and O–H groups in total. The van der Waals surface area contributed by atoms with Crippen molar-refractivity contribution in [2.75, 3.05) is 0 Å². The van der Waals surface area contributed by atoms with Gasteiger partial charge in [-0.15, -0.1) is 16.6 Å². The van der Waals surface area contributed by atoms with E-state index in [1.54, 1.807) is 0 Å². The highest BCUT2D eigenvalue weighted by Crippen LogP contribution is 2.70. The number of hydrogen-bond donors (Lipinski definition) is 0. The van der Waals surface area contributed by atoms with Crippen LogP contribution in [0.1, 0.15) is 62.3 Å². The van der Waals surface area contributed by atoms with Gasteiger partial charge in [0.15, 0.2) is 0 Å². The van der Waals surface area contributed by atoms with E-state index in [1.165, 1.54) is 0 Å². The zero-order valence-electron chi connectivity index (χ0n) is 12.7. The first-order chi connectivity index (χ1) is 7.12. The molecule has 4 nitrogen and oxygen atoms in total. The summed E-state index contributed by atoms with van der Waals surface area (Å²) in [6.07, 6.45) is 0. The minimum absolute atomic E-state index is 0.404. The second-order valence-corrected chi connectivity index (χ2v) is 8.95. The highest BCUT2D eigenvalue weighted by Gasteiger charge is 2.08. The molecule has 0 heterocycles. The number of nitrogens with zero attached hydrogens (tertiary/aromatic N) is 3. The molecule has 0 aliphatic rings. The van der Waals surface area contributed by atoms with Crippen molar-refractivity contribution >= 4 is 7.59 Å². The molecule has 0 unspecified atom stereocenters. The van der Waals surface area contributed by atoms with Crippen LogP contribution in [0.4, 0.5) is 0 Å². The van der Waals surface area contributed by atoms with E-state index in [4.69, 9.17) is 0 Å². The summed E-state index contributed by atoms with van der Waals surface area (Å²) in [5.74, 6) is 0. The summed E-state index contributed by atoms with van der Waals surface area (Å²) < 4.78 is 12.8. The molecular formula is C12H27N3OP-3. The van der Waals surface area contributed by atoms with Crippen LogP contribution in [0.15, 0.2) is 0 Å². The molecule has 17 heavy (non-hydrogen) atoms. The maximum Gasteiger partial charge on any atom is -0.0790 e. The molecule has 0 aliphatic carbocycles. The Morgan fingerprint density at radius 2 is 0.765 bits per heavy atom. The first-order valence-electron chi connectivity index (χ1n) is 5.95. The SMILES string of the molecule is CC(C)(C)[N-]P(=O)([N-]C(C)(C)C)[N-]C(C)(C)C. The maximum absolute atomic E-state index is 12.8. The molecule has 0 bridgehead atoms. The molecule has 0 amide bonds. The maximum atomic E-state index is 12.8. The standard InChI is InChI=1S/C12H27N3OP/c1-10(2,3)13-17(16,14-11(4,5)6)15-12(7,8)9/h1-9H3/q-3. The van der Waals surface area contributed by atoms with Crippen molar-refractivity contribution in [3.05, 3.63) is 15.3 Å². The number of rotatable bonds is 3. The van der Waals surface area contributed by atoms with E-state index in [0.717, 1.165) is 0 Å². The van der Waals surface area contributed by atoms with Crippen LogP contribution >= 0.6 is 7.59 Å². The quantitative estimate of drug-likeness (QED) is 0.608. The Balaban J connectivity index is 5.03. The van der Waals surface area contributed by atoms with Crippen molar-refractivity contribution in [1.82, 2.24) is 0 Å². The van der Waals surface area contributed by atoms with Gasteiger partial charge in [-0.3, -0.25) is 0 Å². The monoisotopic (exact) mass is 260 g/mol. The van der Waals surface area contributed by atoms with Crippen molar-refractivity contribution in [3.8, 4) is 0 Å². The minimum atomic E-state index is -3.21. The lowest BCUT2D eigenvalue weighted by atomic mass is 10.1. The Kier molecular flexibility index (Phi) is 5.04.